The Balaban J connectivity index is 2.00. The number of esters is 1. The third-order valence-corrected chi connectivity index (χ3v) is 3.14. The number of ether oxygens (including phenoxy) is 2. The smallest absolute Gasteiger partial charge is 0.311 e. The highest BCUT2D eigenvalue weighted by Crippen LogP contribution is 2.38. The number of rotatable bonds is 4. The van der Waals surface area contributed by atoms with Crippen molar-refractivity contribution in [3.05, 3.63) is 12.2 Å². The molecule has 2 aliphatic heterocycles. The molecule has 0 aliphatic carbocycles. The van der Waals surface area contributed by atoms with Crippen molar-refractivity contribution in [2.24, 2.45) is 11.8 Å². The van der Waals surface area contributed by atoms with Crippen molar-refractivity contribution in [2.75, 3.05) is 6.61 Å². The molecule has 0 radical (unpaired) electrons. The predicted octanol–water partition coefficient (Wildman–Crippen LogP) is 0.890. The van der Waals surface area contributed by atoms with Crippen LogP contribution in [-0.4, -0.2) is 36.0 Å². The largest absolute Gasteiger partial charge is 0.463 e. The second-order valence-electron chi connectivity index (χ2n) is 4.70. The van der Waals surface area contributed by atoms with Gasteiger partial charge in [0.2, 0.25) is 0 Å². The van der Waals surface area contributed by atoms with Gasteiger partial charge in [0.25, 0.3) is 0 Å². The first kappa shape index (κ1) is 11.6. The normalized spacial score (nSPS) is 33.4. The number of hydrogen-bond donors (Lipinski definition) is 1. The van der Waals surface area contributed by atoms with Crippen LogP contribution in [0, 0.1) is 11.8 Å². The zero-order valence-electron chi connectivity index (χ0n) is 9.63. The van der Waals surface area contributed by atoms with Gasteiger partial charge in [-0.25, -0.2) is 0 Å². The Morgan fingerprint density at radius 3 is 2.75 bits per heavy atom. The van der Waals surface area contributed by atoms with Gasteiger partial charge in [0.15, 0.2) is 0 Å². The molecule has 0 amide bonds. The van der Waals surface area contributed by atoms with Gasteiger partial charge in [-0.15, -0.1) is 0 Å². The van der Waals surface area contributed by atoms with E-state index in [-0.39, 0.29) is 36.8 Å². The average molecular weight is 226 g/mol. The molecule has 16 heavy (non-hydrogen) atoms. The van der Waals surface area contributed by atoms with E-state index in [1.54, 1.807) is 0 Å². The molecule has 0 aromatic heterocycles. The third kappa shape index (κ3) is 2.13. The molecule has 4 atom stereocenters. The number of fused-ring (bicyclic) bond motifs is 2. The number of hydrogen-bond acceptors (Lipinski definition) is 4. The lowest BCUT2D eigenvalue weighted by molar-refractivity contribution is -0.156. The second-order valence-corrected chi connectivity index (χ2v) is 4.70. The van der Waals surface area contributed by atoms with Gasteiger partial charge in [-0.2, -0.15) is 0 Å². The summed E-state index contributed by atoms with van der Waals surface area (Å²) in [7, 11) is 0. The van der Waals surface area contributed by atoms with Crippen molar-refractivity contribution in [3.8, 4) is 0 Å². The van der Waals surface area contributed by atoms with Crippen LogP contribution in [0.1, 0.15) is 20.3 Å². The minimum absolute atomic E-state index is 0.0261. The van der Waals surface area contributed by atoms with Crippen LogP contribution in [0.4, 0.5) is 0 Å². The van der Waals surface area contributed by atoms with E-state index in [9.17, 15) is 9.90 Å². The SMILES string of the molecule is CC(C)OC(=O)C(CO)C1CC2C=CC1O2. The molecule has 4 heteroatoms. The number of aliphatic hydroxyl groups is 1. The Kier molecular flexibility index (Phi) is 3.30. The summed E-state index contributed by atoms with van der Waals surface area (Å²) >= 11 is 0. The van der Waals surface area contributed by atoms with E-state index in [2.05, 4.69) is 0 Å². The summed E-state index contributed by atoms with van der Waals surface area (Å²) in [5.41, 5.74) is 0. The van der Waals surface area contributed by atoms with E-state index >= 15 is 0 Å². The molecular formula is C12H18O4. The van der Waals surface area contributed by atoms with E-state index in [4.69, 9.17) is 9.47 Å². The Hall–Kier alpha value is -0.870. The number of aliphatic hydroxyl groups excluding tert-OH is 1. The van der Waals surface area contributed by atoms with E-state index in [1.807, 2.05) is 26.0 Å². The lowest BCUT2D eigenvalue weighted by Gasteiger charge is -2.24. The monoisotopic (exact) mass is 226 g/mol. The summed E-state index contributed by atoms with van der Waals surface area (Å²) in [5.74, 6) is -0.708. The summed E-state index contributed by atoms with van der Waals surface area (Å²) in [6.07, 6.45) is 4.75. The van der Waals surface area contributed by atoms with Gasteiger partial charge in [-0.3, -0.25) is 4.79 Å². The molecule has 1 N–H and O–H groups in total. The molecule has 0 aromatic rings. The van der Waals surface area contributed by atoms with Gasteiger partial charge >= 0.3 is 5.97 Å². The highest BCUT2D eigenvalue weighted by Gasteiger charge is 2.44. The van der Waals surface area contributed by atoms with E-state index in [1.165, 1.54) is 0 Å². The molecular weight excluding hydrogens is 208 g/mol. The zero-order valence-corrected chi connectivity index (χ0v) is 9.63. The van der Waals surface area contributed by atoms with Crippen molar-refractivity contribution in [2.45, 2.75) is 38.6 Å². The lowest BCUT2D eigenvalue weighted by atomic mass is 9.83. The molecule has 2 bridgehead atoms. The zero-order chi connectivity index (χ0) is 11.7. The summed E-state index contributed by atoms with van der Waals surface area (Å²) in [5, 5.41) is 9.32. The van der Waals surface area contributed by atoms with Crippen molar-refractivity contribution < 1.29 is 19.4 Å². The lowest BCUT2D eigenvalue weighted by Crippen LogP contribution is -2.34. The molecule has 90 valence electrons. The number of carbonyl (C=O) groups excluding carboxylic acids is 1. The predicted molar refractivity (Wildman–Crippen MR) is 57.7 cm³/mol. The summed E-state index contributed by atoms with van der Waals surface area (Å²) in [6, 6.07) is 0. The maximum Gasteiger partial charge on any atom is 0.311 e. The van der Waals surface area contributed by atoms with Crippen LogP contribution in [-0.2, 0) is 14.3 Å². The molecule has 2 aliphatic rings. The Labute approximate surface area is 95.2 Å². The van der Waals surface area contributed by atoms with Crippen molar-refractivity contribution >= 4 is 5.97 Å². The van der Waals surface area contributed by atoms with Gasteiger partial charge < -0.3 is 14.6 Å². The van der Waals surface area contributed by atoms with Gasteiger partial charge in [0.05, 0.1) is 30.8 Å². The summed E-state index contributed by atoms with van der Waals surface area (Å²) < 4.78 is 10.7. The van der Waals surface area contributed by atoms with Crippen molar-refractivity contribution in [1.29, 1.82) is 0 Å². The first-order chi connectivity index (χ1) is 7.61. The fraction of sp³-hybridized carbons (Fsp3) is 0.750. The standard InChI is InChI=1S/C12H18O4/c1-7(2)15-12(14)10(6-13)9-5-8-3-4-11(9)16-8/h3-4,7-11,13H,5-6H2,1-2H3. The third-order valence-electron chi connectivity index (χ3n) is 3.14. The van der Waals surface area contributed by atoms with E-state index in [0.717, 1.165) is 6.42 Å². The van der Waals surface area contributed by atoms with Crippen LogP contribution in [0.3, 0.4) is 0 Å². The topological polar surface area (TPSA) is 55.8 Å². The summed E-state index contributed by atoms with van der Waals surface area (Å²) in [4.78, 5) is 11.8. The van der Waals surface area contributed by atoms with Crippen LogP contribution >= 0.6 is 0 Å². The van der Waals surface area contributed by atoms with Gasteiger partial charge in [0.1, 0.15) is 0 Å². The summed E-state index contributed by atoms with van der Waals surface area (Å²) in [6.45, 7) is 3.45. The maximum absolute atomic E-state index is 11.8. The molecule has 1 fully saturated rings. The molecule has 2 heterocycles. The quantitative estimate of drug-likeness (QED) is 0.571. The van der Waals surface area contributed by atoms with Gasteiger partial charge in [-0.1, -0.05) is 12.2 Å². The first-order valence-corrected chi connectivity index (χ1v) is 5.77. The molecule has 0 spiro atoms. The fourth-order valence-corrected chi connectivity index (χ4v) is 2.40. The van der Waals surface area contributed by atoms with Crippen LogP contribution in [0.15, 0.2) is 12.2 Å². The molecule has 4 nitrogen and oxygen atoms in total. The minimum atomic E-state index is -0.456. The van der Waals surface area contributed by atoms with Crippen LogP contribution < -0.4 is 0 Å². The van der Waals surface area contributed by atoms with Crippen LogP contribution in [0.2, 0.25) is 0 Å². The fourth-order valence-electron chi connectivity index (χ4n) is 2.40. The van der Waals surface area contributed by atoms with Crippen LogP contribution in [0.25, 0.3) is 0 Å². The van der Waals surface area contributed by atoms with Crippen LogP contribution in [0.5, 0.6) is 0 Å². The van der Waals surface area contributed by atoms with Crippen molar-refractivity contribution in [1.82, 2.24) is 0 Å². The van der Waals surface area contributed by atoms with Gasteiger partial charge in [0, 0.05) is 5.92 Å². The molecule has 4 unspecified atom stereocenters. The Morgan fingerprint density at radius 2 is 2.31 bits per heavy atom. The molecule has 0 saturated carbocycles. The molecule has 2 rings (SSSR count). The molecule has 0 aromatic carbocycles. The highest BCUT2D eigenvalue weighted by molar-refractivity contribution is 5.73. The average Bonchev–Trinajstić information content (AvgIpc) is 2.79. The van der Waals surface area contributed by atoms with Crippen molar-refractivity contribution in [3.63, 3.8) is 0 Å². The maximum atomic E-state index is 11.8. The highest BCUT2D eigenvalue weighted by atomic mass is 16.5. The number of carbonyl (C=O) groups is 1. The Bertz CT molecular complexity index is 297. The Morgan fingerprint density at radius 1 is 1.56 bits per heavy atom. The second kappa shape index (κ2) is 4.55. The van der Waals surface area contributed by atoms with E-state index < -0.39 is 5.92 Å². The first-order valence-electron chi connectivity index (χ1n) is 5.77. The van der Waals surface area contributed by atoms with E-state index in [0.29, 0.717) is 0 Å². The van der Waals surface area contributed by atoms with Gasteiger partial charge in [-0.05, 0) is 20.3 Å². The molecule has 1 saturated heterocycles. The minimum Gasteiger partial charge on any atom is -0.463 e.